The molecule has 0 saturated carbocycles. The topological polar surface area (TPSA) is 96.7 Å². The van der Waals surface area contributed by atoms with Crippen molar-refractivity contribution in [1.29, 1.82) is 0 Å². The summed E-state index contributed by atoms with van der Waals surface area (Å²) in [7, 11) is -3.67. The molecule has 0 unspecified atom stereocenters. The minimum Gasteiger partial charge on any atom is -0.355 e. The van der Waals surface area contributed by atoms with Crippen molar-refractivity contribution in [2.24, 2.45) is 10.3 Å². The van der Waals surface area contributed by atoms with Gasteiger partial charge in [0.2, 0.25) is 5.91 Å². The summed E-state index contributed by atoms with van der Waals surface area (Å²) in [6.07, 6.45) is 5.26. The van der Waals surface area contributed by atoms with Crippen LogP contribution in [0.5, 0.6) is 0 Å². The standard InChI is InChI=1S/C24H25N5O3S/c30-24(25-15-18-8-10-19(11-9-18)16-29-14-4-12-26-29)20-5-3-13-28(17-20)23-21-6-1-2-7-22(21)33(31,32)27-23/h1-2,4,6-12,14,20H,3,5,13,15-17H2,(H,25,30)/t20-/m0/s1. The van der Waals surface area contributed by atoms with E-state index in [9.17, 15) is 13.2 Å². The summed E-state index contributed by atoms with van der Waals surface area (Å²) in [5, 5.41) is 7.25. The first-order chi connectivity index (χ1) is 16.0. The van der Waals surface area contributed by atoms with E-state index < -0.39 is 10.0 Å². The Morgan fingerprint density at radius 3 is 2.64 bits per heavy atom. The van der Waals surface area contributed by atoms with E-state index in [1.54, 1.807) is 24.4 Å². The Morgan fingerprint density at radius 2 is 1.85 bits per heavy atom. The SMILES string of the molecule is O=C(NCc1ccc(Cn2cccn2)cc1)[C@H]1CCCN(C2=NS(=O)(=O)c3ccccc32)C1. The fourth-order valence-corrected chi connectivity index (χ4v) is 5.60. The van der Waals surface area contributed by atoms with E-state index in [4.69, 9.17) is 0 Å². The fraction of sp³-hybridized carbons (Fsp3) is 0.292. The minimum atomic E-state index is -3.67. The number of fused-ring (bicyclic) bond motifs is 1. The van der Waals surface area contributed by atoms with Crippen molar-refractivity contribution < 1.29 is 13.2 Å². The number of carbonyl (C=O) groups excluding carboxylic acids is 1. The molecular weight excluding hydrogens is 438 g/mol. The van der Waals surface area contributed by atoms with Gasteiger partial charge in [0, 0.05) is 37.6 Å². The number of likely N-dealkylation sites (tertiary alicyclic amines) is 1. The third-order valence-corrected chi connectivity index (χ3v) is 7.42. The number of amides is 1. The van der Waals surface area contributed by atoms with Crippen molar-refractivity contribution in [2.75, 3.05) is 13.1 Å². The first-order valence-electron chi connectivity index (χ1n) is 11.0. The van der Waals surface area contributed by atoms with Crippen LogP contribution >= 0.6 is 0 Å². The molecule has 1 saturated heterocycles. The van der Waals surface area contributed by atoms with Gasteiger partial charge in [-0.25, -0.2) is 0 Å². The Morgan fingerprint density at radius 1 is 1.06 bits per heavy atom. The predicted molar refractivity (Wildman–Crippen MR) is 124 cm³/mol. The number of piperidine rings is 1. The molecule has 1 aromatic heterocycles. The average molecular weight is 464 g/mol. The van der Waals surface area contributed by atoms with Crippen molar-refractivity contribution in [1.82, 2.24) is 20.0 Å². The van der Waals surface area contributed by atoms with E-state index in [0.29, 0.717) is 37.6 Å². The predicted octanol–water partition coefficient (Wildman–Crippen LogP) is 2.41. The van der Waals surface area contributed by atoms with E-state index in [2.05, 4.69) is 14.8 Å². The molecule has 0 radical (unpaired) electrons. The molecule has 2 aliphatic heterocycles. The maximum Gasteiger partial charge on any atom is 0.285 e. The lowest BCUT2D eigenvalue weighted by molar-refractivity contribution is -0.126. The molecule has 2 aliphatic rings. The summed E-state index contributed by atoms with van der Waals surface area (Å²) < 4.78 is 30.7. The third-order valence-electron chi connectivity index (χ3n) is 6.10. The van der Waals surface area contributed by atoms with Crippen LogP contribution in [0.25, 0.3) is 0 Å². The van der Waals surface area contributed by atoms with Crippen LogP contribution in [-0.2, 0) is 27.9 Å². The lowest BCUT2D eigenvalue weighted by Crippen LogP contribution is -2.45. The third kappa shape index (κ3) is 4.54. The van der Waals surface area contributed by atoms with Crippen LogP contribution in [0.4, 0.5) is 0 Å². The second-order valence-corrected chi connectivity index (χ2v) is 9.98. The Hall–Kier alpha value is -3.46. The van der Waals surface area contributed by atoms with Gasteiger partial charge in [-0.05, 0) is 42.2 Å². The number of hydrogen-bond donors (Lipinski definition) is 1. The molecule has 9 heteroatoms. The van der Waals surface area contributed by atoms with Gasteiger partial charge in [0.05, 0.1) is 12.5 Å². The minimum absolute atomic E-state index is 0.0185. The molecule has 8 nitrogen and oxygen atoms in total. The quantitative estimate of drug-likeness (QED) is 0.627. The lowest BCUT2D eigenvalue weighted by Gasteiger charge is -2.33. The van der Waals surface area contributed by atoms with E-state index in [-0.39, 0.29) is 16.7 Å². The molecular formula is C24H25N5O3S. The molecule has 170 valence electrons. The zero-order chi connectivity index (χ0) is 22.8. The number of hydrogen-bond acceptors (Lipinski definition) is 5. The Kier molecular flexibility index (Phi) is 5.72. The fourth-order valence-electron chi connectivity index (χ4n) is 4.38. The Labute approximate surface area is 193 Å². The van der Waals surface area contributed by atoms with Crippen molar-refractivity contribution in [3.05, 3.63) is 83.7 Å². The van der Waals surface area contributed by atoms with Crippen LogP contribution in [0.15, 0.2) is 76.3 Å². The van der Waals surface area contributed by atoms with Gasteiger partial charge >= 0.3 is 0 Å². The van der Waals surface area contributed by atoms with E-state index in [1.807, 2.05) is 52.2 Å². The van der Waals surface area contributed by atoms with Gasteiger partial charge in [0.25, 0.3) is 10.0 Å². The van der Waals surface area contributed by atoms with Gasteiger partial charge in [0.1, 0.15) is 4.90 Å². The highest BCUT2D eigenvalue weighted by Gasteiger charge is 2.35. The molecule has 3 aromatic rings. The van der Waals surface area contributed by atoms with Crippen LogP contribution < -0.4 is 5.32 Å². The molecule has 0 aliphatic carbocycles. The number of sulfonamides is 1. The molecule has 0 bridgehead atoms. The Balaban J connectivity index is 1.20. The van der Waals surface area contributed by atoms with Gasteiger partial charge in [-0.3, -0.25) is 9.48 Å². The van der Waals surface area contributed by atoms with Gasteiger partial charge in [-0.1, -0.05) is 36.4 Å². The van der Waals surface area contributed by atoms with Crippen molar-refractivity contribution >= 4 is 21.8 Å². The van der Waals surface area contributed by atoms with Crippen molar-refractivity contribution in [2.45, 2.75) is 30.8 Å². The van der Waals surface area contributed by atoms with Crippen molar-refractivity contribution in [3.8, 4) is 0 Å². The van der Waals surface area contributed by atoms with E-state index >= 15 is 0 Å². The summed E-state index contributed by atoms with van der Waals surface area (Å²) in [5.74, 6) is 0.224. The highest BCUT2D eigenvalue weighted by molar-refractivity contribution is 7.90. The highest BCUT2D eigenvalue weighted by atomic mass is 32.2. The number of nitrogens with zero attached hydrogens (tertiary/aromatic N) is 4. The monoisotopic (exact) mass is 463 g/mol. The largest absolute Gasteiger partial charge is 0.355 e. The second-order valence-electron chi connectivity index (χ2n) is 8.41. The maximum absolute atomic E-state index is 12.9. The second kappa shape index (κ2) is 8.82. The molecule has 0 spiro atoms. The first kappa shape index (κ1) is 21.4. The van der Waals surface area contributed by atoms with Gasteiger partial charge in [-0.15, -0.1) is 4.40 Å². The number of nitrogens with one attached hydrogen (secondary N) is 1. The smallest absolute Gasteiger partial charge is 0.285 e. The molecule has 5 rings (SSSR count). The highest BCUT2D eigenvalue weighted by Crippen LogP contribution is 2.29. The van der Waals surface area contributed by atoms with E-state index in [0.717, 1.165) is 24.0 Å². The summed E-state index contributed by atoms with van der Waals surface area (Å²) >= 11 is 0. The number of aromatic nitrogens is 2. The maximum atomic E-state index is 12.9. The summed E-state index contributed by atoms with van der Waals surface area (Å²) in [6, 6.07) is 16.9. The van der Waals surface area contributed by atoms with Gasteiger partial charge in [0.15, 0.2) is 5.84 Å². The van der Waals surface area contributed by atoms with Crippen LogP contribution in [0, 0.1) is 5.92 Å². The van der Waals surface area contributed by atoms with Gasteiger partial charge in [-0.2, -0.15) is 13.5 Å². The van der Waals surface area contributed by atoms with Crippen molar-refractivity contribution in [3.63, 3.8) is 0 Å². The zero-order valence-electron chi connectivity index (χ0n) is 18.1. The summed E-state index contributed by atoms with van der Waals surface area (Å²) in [5.41, 5.74) is 2.79. The molecule has 1 amide bonds. The molecule has 1 N–H and O–H groups in total. The number of carbonyl (C=O) groups is 1. The molecule has 33 heavy (non-hydrogen) atoms. The molecule has 1 atom stereocenters. The Bertz CT molecular complexity index is 1280. The average Bonchev–Trinajstić information content (AvgIpc) is 3.44. The summed E-state index contributed by atoms with van der Waals surface area (Å²) in [6.45, 7) is 2.30. The van der Waals surface area contributed by atoms with Crippen LogP contribution in [-0.4, -0.2) is 47.9 Å². The zero-order valence-corrected chi connectivity index (χ0v) is 18.9. The molecule has 1 fully saturated rings. The number of benzene rings is 2. The van der Waals surface area contributed by atoms with E-state index in [1.165, 1.54) is 0 Å². The van der Waals surface area contributed by atoms with Crippen LogP contribution in [0.3, 0.4) is 0 Å². The van der Waals surface area contributed by atoms with Gasteiger partial charge < -0.3 is 10.2 Å². The normalized spacial score (nSPS) is 19.1. The first-order valence-corrected chi connectivity index (χ1v) is 12.5. The lowest BCUT2D eigenvalue weighted by atomic mass is 9.96. The molecule has 3 heterocycles. The molecule has 2 aromatic carbocycles. The van der Waals surface area contributed by atoms with Crippen LogP contribution in [0.2, 0.25) is 0 Å². The van der Waals surface area contributed by atoms with Crippen LogP contribution in [0.1, 0.15) is 29.5 Å². The number of rotatable bonds is 5. The number of amidine groups is 1. The summed E-state index contributed by atoms with van der Waals surface area (Å²) in [4.78, 5) is 15.0.